The molecule has 0 aromatic heterocycles. The molecule has 1 amide bonds. The first-order valence-electron chi connectivity index (χ1n) is 9.06. The number of rotatable bonds is 5. The van der Waals surface area contributed by atoms with Crippen LogP contribution in [0.5, 0.6) is 5.75 Å². The van der Waals surface area contributed by atoms with Crippen LogP contribution in [-0.4, -0.2) is 12.5 Å². The molecule has 0 unspecified atom stereocenters. The molecular formula is C22H27NO2. The van der Waals surface area contributed by atoms with Gasteiger partial charge in [0.2, 0.25) is 0 Å². The Labute approximate surface area is 150 Å². The summed E-state index contributed by atoms with van der Waals surface area (Å²) in [6.45, 7) is 8.19. The van der Waals surface area contributed by atoms with Crippen molar-refractivity contribution < 1.29 is 9.53 Å². The van der Waals surface area contributed by atoms with Crippen molar-refractivity contribution in [2.24, 2.45) is 0 Å². The number of hydrogen-bond acceptors (Lipinski definition) is 2. The molecule has 0 radical (unpaired) electrons. The Hall–Kier alpha value is -2.29. The highest BCUT2D eigenvalue weighted by atomic mass is 16.5. The molecule has 0 fully saturated rings. The van der Waals surface area contributed by atoms with E-state index in [9.17, 15) is 4.79 Å². The fourth-order valence-electron chi connectivity index (χ4n) is 3.52. The third-order valence-corrected chi connectivity index (χ3v) is 5.12. The molecule has 0 heterocycles. The highest BCUT2D eigenvalue weighted by Crippen LogP contribution is 2.26. The zero-order chi connectivity index (χ0) is 18.0. The van der Waals surface area contributed by atoms with E-state index in [0.717, 1.165) is 28.9 Å². The Morgan fingerprint density at radius 2 is 1.88 bits per heavy atom. The van der Waals surface area contributed by atoms with Crippen LogP contribution in [0.1, 0.15) is 52.8 Å². The highest BCUT2D eigenvalue weighted by molar-refractivity contribution is 5.78. The van der Waals surface area contributed by atoms with Crippen LogP contribution in [0, 0.1) is 20.8 Å². The van der Waals surface area contributed by atoms with Crippen molar-refractivity contribution >= 4 is 5.91 Å². The Morgan fingerprint density at radius 3 is 2.68 bits per heavy atom. The van der Waals surface area contributed by atoms with Gasteiger partial charge in [-0.2, -0.15) is 0 Å². The van der Waals surface area contributed by atoms with Crippen LogP contribution in [0.4, 0.5) is 0 Å². The van der Waals surface area contributed by atoms with Gasteiger partial charge in [-0.15, -0.1) is 0 Å². The Bertz CT molecular complexity index is 795. The van der Waals surface area contributed by atoms with Crippen LogP contribution in [0.25, 0.3) is 0 Å². The number of amides is 1. The number of carbonyl (C=O) groups excluding carboxylic acids is 1. The van der Waals surface area contributed by atoms with Gasteiger partial charge in [-0.1, -0.05) is 24.3 Å². The van der Waals surface area contributed by atoms with Crippen LogP contribution < -0.4 is 10.1 Å². The first-order valence-corrected chi connectivity index (χ1v) is 9.06. The second-order valence-electron chi connectivity index (χ2n) is 7.16. The number of aryl methyl sites for hydroxylation is 4. The fourth-order valence-corrected chi connectivity index (χ4v) is 3.52. The van der Waals surface area contributed by atoms with Crippen molar-refractivity contribution in [3.63, 3.8) is 0 Å². The third kappa shape index (κ3) is 4.04. The van der Waals surface area contributed by atoms with Gasteiger partial charge in [-0.3, -0.25) is 4.79 Å². The minimum absolute atomic E-state index is 0.0117. The maximum atomic E-state index is 12.3. The van der Waals surface area contributed by atoms with E-state index in [2.05, 4.69) is 36.5 Å². The van der Waals surface area contributed by atoms with Gasteiger partial charge >= 0.3 is 0 Å². The summed E-state index contributed by atoms with van der Waals surface area (Å²) in [7, 11) is 0. The summed E-state index contributed by atoms with van der Waals surface area (Å²) in [6, 6.07) is 10.7. The smallest absolute Gasteiger partial charge is 0.258 e. The average molecular weight is 337 g/mol. The largest absolute Gasteiger partial charge is 0.483 e. The first-order chi connectivity index (χ1) is 11.9. The third-order valence-electron chi connectivity index (χ3n) is 5.12. The number of benzene rings is 2. The molecule has 132 valence electrons. The van der Waals surface area contributed by atoms with E-state index in [1.807, 2.05) is 26.8 Å². The van der Waals surface area contributed by atoms with Crippen LogP contribution in [0.2, 0.25) is 0 Å². The van der Waals surface area contributed by atoms with Crippen molar-refractivity contribution in [3.8, 4) is 5.75 Å². The lowest BCUT2D eigenvalue weighted by Gasteiger charge is -2.17. The van der Waals surface area contributed by atoms with Crippen molar-refractivity contribution in [2.75, 3.05) is 6.61 Å². The summed E-state index contributed by atoms with van der Waals surface area (Å²) >= 11 is 0. The van der Waals surface area contributed by atoms with E-state index < -0.39 is 0 Å². The van der Waals surface area contributed by atoms with Crippen LogP contribution in [0.15, 0.2) is 30.3 Å². The standard InChI is InChI=1S/C22H27NO2/c1-14-10-15(2)16(3)21(11-14)25-13-22(24)23-17(4)19-9-8-18-6-5-7-20(18)12-19/h8-12,17H,5-7,13H2,1-4H3,(H,23,24)/t17-/m0/s1. The summed E-state index contributed by atoms with van der Waals surface area (Å²) in [5, 5.41) is 3.04. The summed E-state index contributed by atoms with van der Waals surface area (Å²) in [5.41, 5.74) is 7.46. The van der Waals surface area contributed by atoms with E-state index in [1.54, 1.807) is 0 Å². The first kappa shape index (κ1) is 17.5. The van der Waals surface area contributed by atoms with Crippen molar-refractivity contribution in [1.82, 2.24) is 5.32 Å². The van der Waals surface area contributed by atoms with Gasteiger partial charge in [-0.25, -0.2) is 0 Å². The molecule has 3 rings (SSSR count). The molecule has 0 saturated carbocycles. The number of fused-ring (bicyclic) bond motifs is 1. The van der Waals surface area contributed by atoms with Gasteiger partial charge in [0.05, 0.1) is 6.04 Å². The number of carbonyl (C=O) groups is 1. The van der Waals surface area contributed by atoms with Crippen molar-refractivity contribution in [1.29, 1.82) is 0 Å². The minimum atomic E-state index is -0.0912. The number of ether oxygens (including phenoxy) is 1. The second kappa shape index (κ2) is 7.30. The second-order valence-corrected chi connectivity index (χ2v) is 7.16. The van der Waals surface area contributed by atoms with Gasteiger partial charge in [-0.05, 0) is 86.4 Å². The van der Waals surface area contributed by atoms with Crippen LogP contribution in [-0.2, 0) is 17.6 Å². The van der Waals surface area contributed by atoms with Crippen molar-refractivity contribution in [3.05, 3.63) is 63.7 Å². The fraction of sp³-hybridized carbons (Fsp3) is 0.409. The molecule has 0 saturated heterocycles. The molecule has 25 heavy (non-hydrogen) atoms. The average Bonchev–Trinajstić information content (AvgIpc) is 3.04. The van der Waals surface area contributed by atoms with Crippen LogP contribution >= 0.6 is 0 Å². The Balaban J connectivity index is 1.59. The summed E-state index contributed by atoms with van der Waals surface area (Å²) < 4.78 is 5.76. The molecular weight excluding hydrogens is 310 g/mol. The predicted octanol–water partition coefficient (Wildman–Crippen LogP) is 4.36. The van der Waals surface area contributed by atoms with E-state index in [4.69, 9.17) is 4.74 Å². The molecule has 3 nitrogen and oxygen atoms in total. The van der Waals surface area contributed by atoms with Gasteiger partial charge in [0.25, 0.3) is 5.91 Å². The van der Waals surface area contributed by atoms with Crippen LogP contribution in [0.3, 0.4) is 0 Å². The molecule has 0 spiro atoms. The lowest BCUT2D eigenvalue weighted by atomic mass is 10.0. The molecule has 2 aromatic carbocycles. The molecule has 3 heteroatoms. The SMILES string of the molecule is Cc1cc(C)c(C)c(OCC(=O)N[C@@H](C)c2ccc3c(c2)CCC3)c1. The lowest BCUT2D eigenvalue weighted by Crippen LogP contribution is -2.31. The van der Waals surface area contributed by atoms with Gasteiger partial charge < -0.3 is 10.1 Å². The monoisotopic (exact) mass is 337 g/mol. The topological polar surface area (TPSA) is 38.3 Å². The summed E-state index contributed by atoms with van der Waals surface area (Å²) in [4.78, 5) is 12.3. The zero-order valence-corrected chi connectivity index (χ0v) is 15.6. The van der Waals surface area contributed by atoms with E-state index >= 15 is 0 Å². The van der Waals surface area contributed by atoms with Gasteiger partial charge in [0.1, 0.15) is 5.75 Å². The van der Waals surface area contributed by atoms with E-state index in [0.29, 0.717) is 0 Å². The minimum Gasteiger partial charge on any atom is -0.483 e. The molecule has 1 N–H and O–H groups in total. The van der Waals surface area contributed by atoms with E-state index in [-0.39, 0.29) is 18.6 Å². The summed E-state index contributed by atoms with van der Waals surface area (Å²) in [6.07, 6.45) is 3.57. The molecule has 0 bridgehead atoms. The molecule has 0 aliphatic heterocycles. The Kier molecular flexibility index (Phi) is 5.12. The Morgan fingerprint density at radius 1 is 1.12 bits per heavy atom. The number of hydrogen-bond donors (Lipinski definition) is 1. The molecule has 1 atom stereocenters. The highest BCUT2D eigenvalue weighted by Gasteiger charge is 2.15. The maximum Gasteiger partial charge on any atom is 0.258 e. The number of nitrogens with one attached hydrogen (secondary N) is 1. The zero-order valence-electron chi connectivity index (χ0n) is 15.6. The maximum absolute atomic E-state index is 12.3. The van der Waals surface area contributed by atoms with Crippen molar-refractivity contribution in [2.45, 2.75) is 53.0 Å². The van der Waals surface area contributed by atoms with E-state index in [1.165, 1.54) is 29.5 Å². The molecule has 1 aliphatic rings. The summed E-state index contributed by atoms with van der Waals surface area (Å²) in [5.74, 6) is 0.699. The quantitative estimate of drug-likeness (QED) is 0.880. The van der Waals surface area contributed by atoms with Gasteiger partial charge in [0.15, 0.2) is 6.61 Å². The van der Waals surface area contributed by atoms with Gasteiger partial charge in [0, 0.05) is 0 Å². The lowest BCUT2D eigenvalue weighted by molar-refractivity contribution is -0.123. The molecule has 1 aliphatic carbocycles. The normalized spacial score (nSPS) is 14.1. The predicted molar refractivity (Wildman–Crippen MR) is 101 cm³/mol. The molecule has 2 aromatic rings.